The van der Waals surface area contributed by atoms with E-state index >= 15 is 0 Å². The van der Waals surface area contributed by atoms with Crippen LogP contribution in [0.15, 0.2) is 6.07 Å². The molecule has 26 heavy (non-hydrogen) atoms. The lowest BCUT2D eigenvalue weighted by molar-refractivity contribution is -0.137. The van der Waals surface area contributed by atoms with E-state index < -0.39 is 5.97 Å². The number of amides is 1. The molecule has 0 N–H and O–H groups in total. The van der Waals surface area contributed by atoms with Gasteiger partial charge in [0.25, 0.3) is 17.5 Å². The lowest BCUT2D eigenvalue weighted by Gasteiger charge is -2.33. The predicted octanol–water partition coefficient (Wildman–Crippen LogP) is 2.08. The normalized spacial score (nSPS) is 15.2. The number of esters is 1. The molecule has 0 unspecified atom stereocenters. The number of likely N-dealkylation sites (N-methyl/N-ethyl adjacent to an activating group) is 1. The highest BCUT2D eigenvalue weighted by molar-refractivity contribution is 5.88. The van der Waals surface area contributed by atoms with E-state index in [9.17, 15) is 9.59 Å². The average Bonchev–Trinajstić information content (AvgIpc) is 3.05. The Hall–Kier alpha value is -2.51. The highest BCUT2D eigenvalue weighted by Gasteiger charge is 2.25. The lowest BCUT2D eigenvalue weighted by Crippen LogP contribution is -2.43. The molecule has 0 spiro atoms. The van der Waals surface area contributed by atoms with Gasteiger partial charge in [-0.25, -0.2) is 14.3 Å². The van der Waals surface area contributed by atoms with Gasteiger partial charge in [-0.2, -0.15) is 4.98 Å². The van der Waals surface area contributed by atoms with Gasteiger partial charge in [0.2, 0.25) is 0 Å². The van der Waals surface area contributed by atoms with Crippen LogP contribution in [0.1, 0.15) is 61.0 Å². The molecule has 1 aliphatic rings. The topological polar surface area (TPSA) is 89.7 Å². The fourth-order valence-corrected chi connectivity index (χ4v) is 3.56. The third kappa shape index (κ3) is 3.84. The highest BCUT2D eigenvalue weighted by Crippen LogP contribution is 2.22. The second kappa shape index (κ2) is 7.80. The van der Waals surface area contributed by atoms with Gasteiger partial charge in [-0.05, 0) is 39.7 Å². The molecule has 3 rings (SSSR count). The van der Waals surface area contributed by atoms with Gasteiger partial charge in [0.1, 0.15) is 0 Å². The van der Waals surface area contributed by atoms with E-state index in [1.165, 1.54) is 10.9 Å². The van der Waals surface area contributed by atoms with Gasteiger partial charge in [-0.15, -0.1) is 5.10 Å². The number of carbonyl (C=O) groups excluding carboxylic acids is 2. The summed E-state index contributed by atoms with van der Waals surface area (Å²) in [7, 11) is 0. The van der Waals surface area contributed by atoms with E-state index in [0.717, 1.165) is 37.1 Å². The van der Waals surface area contributed by atoms with Gasteiger partial charge in [-0.3, -0.25) is 4.79 Å². The van der Waals surface area contributed by atoms with Crippen LogP contribution in [-0.2, 0) is 9.53 Å². The molecule has 0 saturated heterocycles. The molecule has 0 atom stereocenters. The van der Waals surface area contributed by atoms with Crippen molar-refractivity contribution in [2.75, 3.05) is 13.2 Å². The first-order valence-electron chi connectivity index (χ1n) is 9.17. The molecule has 0 aliphatic heterocycles. The van der Waals surface area contributed by atoms with Crippen LogP contribution in [0.5, 0.6) is 0 Å². The zero-order valence-electron chi connectivity index (χ0n) is 15.6. The van der Waals surface area contributed by atoms with E-state index in [4.69, 9.17) is 4.74 Å². The van der Waals surface area contributed by atoms with Gasteiger partial charge < -0.3 is 9.64 Å². The molecule has 1 amide bonds. The van der Waals surface area contributed by atoms with Crippen LogP contribution < -0.4 is 0 Å². The number of hydrogen-bond donors (Lipinski definition) is 0. The van der Waals surface area contributed by atoms with E-state index in [0.29, 0.717) is 12.3 Å². The van der Waals surface area contributed by atoms with Crippen molar-refractivity contribution in [3.8, 4) is 0 Å². The van der Waals surface area contributed by atoms with Gasteiger partial charge in [-0.1, -0.05) is 19.3 Å². The molecule has 140 valence electrons. The molecule has 1 saturated carbocycles. The summed E-state index contributed by atoms with van der Waals surface area (Å²) < 4.78 is 6.66. The standard InChI is InChI=1S/C18H25N5O3/c1-4-22(14-8-6-5-7-9-14)15(24)11-26-17(25)16-20-18-19-12(2)10-13(3)23(18)21-16/h10,14H,4-9,11H2,1-3H3. The van der Waals surface area contributed by atoms with Crippen molar-refractivity contribution in [2.24, 2.45) is 0 Å². The minimum atomic E-state index is -0.708. The second-order valence-electron chi connectivity index (χ2n) is 6.73. The molecule has 2 aromatic heterocycles. The zero-order valence-corrected chi connectivity index (χ0v) is 15.6. The SMILES string of the molecule is CCN(C(=O)COC(=O)c1nc2nc(C)cc(C)n2n1)C1CCCCC1. The number of carbonyl (C=O) groups is 2. The van der Waals surface area contributed by atoms with Gasteiger partial charge in [0.15, 0.2) is 6.61 Å². The average molecular weight is 359 g/mol. The van der Waals surface area contributed by atoms with Crippen molar-refractivity contribution in [2.45, 2.75) is 58.9 Å². The molecule has 2 aromatic rings. The summed E-state index contributed by atoms with van der Waals surface area (Å²) in [5, 5.41) is 4.13. The molecule has 0 bridgehead atoms. The number of fused-ring (bicyclic) bond motifs is 1. The van der Waals surface area contributed by atoms with Crippen LogP contribution >= 0.6 is 0 Å². The zero-order chi connectivity index (χ0) is 18.7. The minimum absolute atomic E-state index is 0.0836. The van der Waals surface area contributed by atoms with Crippen LogP contribution in [0, 0.1) is 13.8 Å². The van der Waals surface area contributed by atoms with Gasteiger partial charge >= 0.3 is 5.97 Å². The molecule has 8 heteroatoms. The van der Waals surface area contributed by atoms with E-state index in [1.807, 2.05) is 31.7 Å². The maximum absolute atomic E-state index is 12.5. The third-order valence-corrected chi connectivity index (χ3v) is 4.80. The Balaban J connectivity index is 1.64. The van der Waals surface area contributed by atoms with E-state index in [-0.39, 0.29) is 24.4 Å². The molecular formula is C18H25N5O3. The third-order valence-electron chi connectivity index (χ3n) is 4.80. The summed E-state index contributed by atoms with van der Waals surface area (Å²) in [5.41, 5.74) is 1.62. The molecule has 2 heterocycles. The monoisotopic (exact) mass is 359 g/mol. The summed E-state index contributed by atoms with van der Waals surface area (Å²) >= 11 is 0. The number of aromatic nitrogens is 4. The number of rotatable bonds is 5. The van der Waals surface area contributed by atoms with Crippen LogP contribution in [0.4, 0.5) is 0 Å². The van der Waals surface area contributed by atoms with Crippen molar-refractivity contribution >= 4 is 17.7 Å². The molecule has 1 aliphatic carbocycles. The maximum Gasteiger partial charge on any atom is 0.378 e. The van der Waals surface area contributed by atoms with Crippen molar-refractivity contribution in [1.29, 1.82) is 0 Å². The number of aryl methyl sites for hydroxylation is 2. The van der Waals surface area contributed by atoms with Gasteiger partial charge in [0, 0.05) is 24.0 Å². The number of ether oxygens (including phenoxy) is 1. The van der Waals surface area contributed by atoms with Crippen LogP contribution in [0.3, 0.4) is 0 Å². The van der Waals surface area contributed by atoms with Crippen molar-refractivity contribution in [3.05, 3.63) is 23.3 Å². The Morgan fingerprint density at radius 1 is 1.23 bits per heavy atom. The van der Waals surface area contributed by atoms with Crippen LogP contribution in [0.25, 0.3) is 5.78 Å². The highest BCUT2D eigenvalue weighted by atomic mass is 16.5. The largest absolute Gasteiger partial charge is 0.450 e. The number of hydrogen-bond acceptors (Lipinski definition) is 6. The van der Waals surface area contributed by atoms with Crippen LogP contribution in [-0.4, -0.2) is 55.6 Å². The summed E-state index contributed by atoms with van der Waals surface area (Å²) in [4.78, 5) is 34.9. The Morgan fingerprint density at radius 2 is 1.96 bits per heavy atom. The Labute approximate surface area is 152 Å². The number of nitrogens with zero attached hydrogens (tertiary/aromatic N) is 5. The summed E-state index contributed by atoms with van der Waals surface area (Å²) in [6.07, 6.45) is 5.55. The first-order valence-corrected chi connectivity index (χ1v) is 9.17. The Bertz CT molecular complexity index is 811. The smallest absolute Gasteiger partial charge is 0.378 e. The predicted molar refractivity (Wildman–Crippen MR) is 94.8 cm³/mol. The molecular weight excluding hydrogens is 334 g/mol. The van der Waals surface area contributed by atoms with E-state index in [1.54, 1.807) is 0 Å². The van der Waals surface area contributed by atoms with Crippen molar-refractivity contribution in [3.63, 3.8) is 0 Å². The van der Waals surface area contributed by atoms with E-state index in [2.05, 4.69) is 15.1 Å². The van der Waals surface area contributed by atoms with Crippen molar-refractivity contribution < 1.29 is 14.3 Å². The molecule has 0 aromatic carbocycles. The van der Waals surface area contributed by atoms with Crippen LogP contribution in [0.2, 0.25) is 0 Å². The quantitative estimate of drug-likeness (QED) is 0.759. The first kappa shape index (κ1) is 18.3. The minimum Gasteiger partial charge on any atom is -0.450 e. The Kier molecular flexibility index (Phi) is 5.49. The Morgan fingerprint density at radius 3 is 2.65 bits per heavy atom. The summed E-state index contributed by atoms with van der Waals surface area (Å²) in [6.45, 7) is 6.00. The summed E-state index contributed by atoms with van der Waals surface area (Å²) in [5.74, 6) is -0.611. The molecule has 8 nitrogen and oxygen atoms in total. The van der Waals surface area contributed by atoms with Crippen molar-refractivity contribution in [1.82, 2.24) is 24.5 Å². The first-order chi connectivity index (χ1) is 12.5. The fraction of sp³-hybridized carbons (Fsp3) is 0.611. The lowest BCUT2D eigenvalue weighted by atomic mass is 9.94. The maximum atomic E-state index is 12.5. The van der Waals surface area contributed by atoms with Gasteiger partial charge in [0.05, 0.1) is 0 Å². The fourth-order valence-electron chi connectivity index (χ4n) is 3.56. The molecule has 0 radical (unpaired) electrons. The second-order valence-corrected chi connectivity index (χ2v) is 6.73. The summed E-state index contributed by atoms with van der Waals surface area (Å²) in [6, 6.07) is 2.10. The molecule has 1 fully saturated rings.